The van der Waals surface area contributed by atoms with E-state index >= 15 is 0 Å². The molecule has 0 spiro atoms. The third kappa shape index (κ3) is 6.16. The molecule has 42 heavy (non-hydrogen) atoms. The van der Waals surface area contributed by atoms with Crippen molar-refractivity contribution in [3.8, 4) is 0 Å². The number of allylic oxidation sites excluding steroid dienone is 1. The Labute approximate surface area is 245 Å². The molecule has 9 heteroatoms. The quantitative estimate of drug-likeness (QED) is 0.189. The fourth-order valence-corrected chi connectivity index (χ4v) is 6.33. The second-order valence-electron chi connectivity index (χ2n) is 10.8. The molecule has 0 radical (unpaired) electrons. The molecule has 1 atom stereocenters. The number of hydrogen-bond donors (Lipinski definition) is 1. The molecule has 0 bridgehead atoms. The van der Waals surface area contributed by atoms with E-state index in [1.165, 1.54) is 23.3 Å². The molecule has 1 saturated heterocycles. The van der Waals surface area contributed by atoms with Crippen LogP contribution < -0.4 is 5.32 Å². The number of hydrogen-bond acceptors (Lipinski definition) is 6. The molecule has 0 aliphatic carbocycles. The Kier molecular flexibility index (Phi) is 9.18. The van der Waals surface area contributed by atoms with Crippen molar-refractivity contribution in [2.24, 2.45) is 4.99 Å². The molecular weight excluding hydrogens is 530 g/mol. The number of rotatable bonds is 12. The maximum absolute atomic E-state index is 12.4. The number of aliphatic imine (C=N–C) groups is 1. The van der Waals surface area contributed by atoms with E-state index in [1.807, 2.05) is 0 Å². The molecule has 1 fully saturated rings. The van der Waals surface area contributed by atoms with Crippen molar-refractivity contribution >= 4 is 24.7 Å². The number of nitro benzene ring substituents is 1. The zero-order valence-corrected chi connectivity index (χ0v) is 23.5. The monoisotopic (exact) mass is 565 g/mol. The third-order valence-electron chi connectivity index (χ3n) is 8.51. The van der Waals surface area contributed by atoms with Crippen molar-refractivity contribution in [3.63, 3.8) is 0 Å². The molecule has 2 amide bonds. The topological polar surface area (TPSA) is 108 Å². The number of likely N-dealkylation sites (tertiary alicyclic amines) is 1. The molecule has 216 valence electrons. The van der Waals surface area contributed by atoms with E-state index in [1.54, 1.807) is 23.2 Å². The summed E-state index contributed by atoms with van der Waals surface area (Å²) < 4.78 is 0. The summed E-state index contributed by atoms with van der Waals surface area (Å²) >= 11 is 0. The van der Waals surface area contributed by atoms with Gasteiger partial charge in [-0.05, 0) is 62.0 Å². The van der Waals surface area contributed by atoms with Crippen LogP contribution in [0.5, 0.6) is 0 Å². The fraction of sp³-hybridized carbons (Fsp3) is 0.303. The zero-order valence-electron chi connectivity index (χ0n) is 23.5. The van der Waals surface area contributed by atoms with Crippen LogP contribution in [0.25, 0.3) is 0 Å². The highest BCUT2D eigenvalue weighted by Crippen LogP contribution is 2.41. The van der Waals surface area contributed by atoms with Gasteiger partial charge in [-0.2, -0.15) is 0 Å². The van der Waals surface area contributed by atoms with E-state index in [-0.39, 0.29) is 17.0 Å². The number of carbonyl (C=O) groups is 2. The molecule has 3 aromatic rings. The highest BCUT2D eigenvalue weighted by molar-refractivity contribution is 5.68. The van der Waals surface area contributed by atoms with Gasteiger partial charge < -0.3 is 15.1 Å². The van der Waals surface area contributed by atoms with Crippen molar-refractivity contribution < 1.29 is 14.5 Å². The van der Waals surface area contributed by atoms with Crippen molar-refractivity contribution in [2.45, 2.75) is 37.0 Å². The van der Waals surface area contributed by atoms with Gasteiger partial charge in [0, 0.05) is 36.2 Å². The van der Waals surface area contributed by atoms with E-state index in [9.17, 15) is 19.7 Å². The van der Waals surface area contributed by atoms with Gasteiger partial charge in [-0.25, -0.2) is 4.99 Å². The Hall–Kier alpha value is -4.63. The molecule has 2 aliphatic heterocycles. The fourth-order valence-electron chi connectivity index (χ4n) is 6.33. The number of amides is 2. The van der Waals surface area contributed by atoms with Crippen LogP contribution in [0.15, 0.2) is 101 Å². The average Bonchev–Trinajstić information content (AvgIpc) is 3.05. The van der Waals surface area contributed by atoms with Crippen LogP contribution >= 0.6 is 0 Å². The maximum atomic E-state index is 12.4. The Bertz CT molecular complexity index is 1390. The Morgan fingerprint density at radius 1 is 0.952 bits per heavy atom. The predicted molar refractivity (Wildman–Crippen MR) is 162 cm³/mol. The van der Waals surface area contributed by atoms with Crippen LogP contribution in [-0.4, -0.2) is 59.9 Å². The second-order valence-corrected chi connectivity index (χ2v) is 10.8. The summed E-state index contributed by atoms with van der Waals surface area (Å²) in [6, 6.07) is 27.8. The molecule has 1 unspecified atom stereocenters. The highest BCUT2D eigenvalue weighted by Gasteiger charge is 2.37. The van der Waals surface area contributed by atoms with Crippen LogP contribution in [0.4, 0.5) is 5.69 Å². The van der Waals surface area contributed by atoms with Crippen molar-refractivity contribution in [1.29, 1.82) is 0 Å². The van der Waals surface area contributed by atoms with Gasteiger partial charge in [0.1, 0.15) is 0 Å². The van der Waals surface area contributed by atoms with Gasteiger partial charge in [0.25, 0.3) is 5.69 Å². The number of nitrogens with one attached hydrogen (secondary N) is 1. The molecule has 1 N–H and O–H groups in total. The Morgan fingerprint density at radius 3 is 2.12 bits per heavy atom. The standard InChI is InChI=1S/C33H35N5O4/c39-24-35-32-31(30(16-19-34-32)26-12-14-29(15-13-26)38(41)42)37(25-40)21-7-20-36-22-17-33(18-23-36,27-8-3-1-4-9-27)28-10-5-2-6-11-28/h1-6,8-15,19,24-25,30H,7,16-18,20-23H2,(H,35,39). The minimum atomic E-state index is -0.440. The molecule has 0 aromatic heterocycles. The first-order valence-electron chi connectivity index (χ1n) is 14.3. The van der Waals surface area contributed by atoms with Gasteiger partial charge in [-0.15, -0.1) is 0 Å². The SMILES string of the molecule is O=CNC1=C(N(C=O)CCCN2CCC(c3ccccc3)(c3ccccc3)CC2)C(c2ccc([N+](=O)[O-])cc2)CC=N1. The highest BCUT2D eigenvalue weighted by atomic mass is 16.6. The van der Waals surface area contributed by atoms with E-state index in [0.717, 1.165) is 50.9 Å². The van der Waals surface area contributed by atoms with Gasteiger partial charge in [-0.1, -0.05) is 72.8 Å². The average molecular weight is 566 g/mol. The number of benzene rings is 3. The van der Waals surface area contributed by atoms with E-state index in [2.05, 4.69) is 75.9 Å². The first-order valence-corrected chi connectivity index (χ1v) is 14.3. The number of carbonyl (C=O) groups excluding carboxylic acids is 2. The summed E-state index contributed by atoms with van der Waals surface area (Å²) in [7, 11) is 0. The largest absolute Gasteiger partial charge is 0.314 e. The number of nitrogens with zero attached hydrogens (tertiary/aromatic N) is 4. The van der Waals surface area contributed by atoms with Crippen molar-refractivity contribution in [2.75, 3.05) is 26.2 Å². The predicted octanol–water partition coefficient (Wildman–Crippen LogP) is 5.00. The first-order chi connectivity index (χ1) is 20.6. The molecule has 2 aliphatic rings. The van der Waals surface area contributed by atoms with Crippen LogP contribution in [0.2, 0.25) is 0 Å². The van der Waals surface area contributed by atoms with Gasteiger partial charge in [0.2, 0.25) is 12.8 Å². The summed E-state index contributed by atoms with van der Waals surface area (Å²) in [4.78, 5) is 42.9. The smallest absolute Gasteiger partial charge is 0.269 e. The van der Waals surface area contributed by atoms with E-state index in [0.29, 0.717) is 30.9 Å². The lowest BCUT2D eigenvalue weighted by atomic mass is 9.68. The van der Waals surface area contributed by atoms with Crippen LogP contribution in [0.3, 0.4) is 0 Å². The summed E-state index contributed by atoms with van der Waals surface area (Å²) in [6.45, 7) is 3.18. The summed E-state index contributed by atoms with van der Waals surface area (Å²) in [5.74, 6) is 0.0449. The molecule has 3 aromatic carbocycles. The minimum Gasteiger partial charge on any atom is -0.314 e. The summed E-state index contributed by atoms with van der Waals surface area (Å²) in [5, 5.41) is 13.8. The van der Waals surface area contributed by atoms with Crippen molar-refractivity contribution in [1.82, 2.24) is 15.1 Å². The number of non-ortho nitro benzene ring substituents is 1. The number of nitro groups is 1. The maximum Gasteiger partial charge on any atom is 0.269 e. The summed E-state index contributed by atoms with van der Waals surface area (Å²) in [5.41, 5.74) is 4.08. The molecular formula is C33H35N5O4. The number of piperidine rings is 1. The molecule has 9 nitrogen and oxygen atoms in total. The Morgan fingerprint density at radius 2 is 1.57 bits per heavy atom. The Balaban J connectivity index is 1.27. The lowest BCUT2D eigenvalue weighted by Crippen LogP contribution is -2.44. The van der Waals surface area contributed by atoms with E-state index < -0.39 is 4.92 Å². The normalized spacial score (nSPS) is 18.3. The van der Waals surface area contributed by atoms with Crippen LogP contribution in [-0.2, 0) is 15.0 Å². The lowest BCUT2D eigenvalue weighted by molar-refractivity contribution is -0.384. The second kappa shape index (κ2) is 13.4. The van der Waals surface area contributed by atoms with Crippen LogP contribution in [0.1, 0.15) is 48.3 Å². The van der Waals surface area contributed by atoms with Gasteiger partial charge in [-0.3, -0.25) is 19.7 Å². The minimum absolute atomic E-state index is 0.00248. The third-order valence-corrected chi connectivity index (χ3v) is 8.51. The van der Waals surface area contributed by atoms with Crippen molar-refractivity contribution in [3.05, 3.63) is 123 Å². The molecule has 2 heterocycles. The lowest BCUT2D eigenvalue weighted by Gasteiger charge is -2.43. The molecule has 0 saturated carbocycles. The zero-order chi connectivity index (χ0) is 29.4. The van der Waals surface area contributed by atoms with Crippen LogP contribution in [0, 0.1) is 10.1 Å². The van der Waals surface area contributed by atoms with Gasteiger partial charge >= 0.3 is 0 Å². The first kappa shape index (κ1) is 28.9. The van der Waals surface area contributed by atoms with E-state index in [4.69, 9.17) is 0 Å². The summed E-state index contributed by atoms with van der Waals surface area (Å²) in [6.07, 6.45) is 6.30. The van der Waals surface area contributed by atoms with Gasteiger partial charge in [0.05, 0.1) is 10.6 Å². The molecule has 5 rings (SSSR count). The van der Waals surface area contributed by atoms with Gasteiger partial charge in [0.15, 0.2) is 5.82 Å².